The second-order valence-corrected chi connectivity index (χ2v) is 9.34. The molecule has 1 fully saturated rings. The molecular weight excluding hydrogens is 338 g/mol. The molecule has 0 spiro atoms. The van der Waals surface area contributed by atoms with Crippen LogP contribution in [0.3, 0.4) is 0 Å². The third-order valence-electron chi connectivity index (χ3n) is 5.86. The predicted molar refractivity (Wildman–Crippen MR) is 111 cm³/mol. The summed E-state index contributed by atoms with van der Waals surface area (Å²) < 4.78 is 0. The molecule has 2 aliphatic rings. The average Bonchev–Trinajstić information content (AvgIpc) is 3.28. The first-order valence-electron chi connectivity index (χ1n) is 9.93. The fourth-order valence-corrected chi connectivity index (χ4v) is 5.51. The van der Waals surface area contributed by atoms with Gasteiger partial charge in [0.05, 0.1) is 0 Å². The summed E-state index contributed by atoms with van der Waals surface area (Å²) in [6.45, 7) is 6.98. The van der Waals surface area contributed by atoms with Gasteiger partial charge in [0.1, 0.15) is 0 Å². The highest BCUT2D eigenvalue weighted by Crippen LogP contribution is 2.24. The van der Waals surface area contributed by atoms with Gasteiger partial charge in [-0.25, -0.2) is 0 Å². The lowest BCUT2D eigenvalue weighted by molar-refractivity contribution is 0.159. The Morgan fingerprint density at radius 2 is 1.77 bits per heavy atom. The van der Waals surface area contributed by atoms with Gasteiger partial charge < -0.3 is 0 Å². The van der Waals surface area contributed by atoms with Gasteiger partial charge >= 0.3 is 0 Å². The van der Waals surface area contributed by atoms with E-state index in [0.717, 1.165) is 26.2 Å². The van der Waals surface area contributed by atoms with Gasteiger partial charge in [-0.2, -0.15) is 0 Å². The van der Waals surface area contributed by atoms with E-state index >= 15 is 0 Å². The minimum Gasteiger partial charge on any atom is -0.300 e. The summed E-state index contributed by atoms with van der Waals surface area (Å²) >= 11 is 2.00. The molecule has 1 atom stereocenters. The van der Waals surface area contributed by atoms with Crippen molar-refractivity contribution >= 4 is 11.3 Å². The van der Waals surface area contributed by atoms with Crippen LogP contribution >= 0.6 is 11.3 Å². The first kappa shape index (κ1) is 18.2. The molecule has 0 N–H and O–H groups in total. The van der Waals surface area contributed by atoms with Gasteiger partial charge in [-0.3, -0.25) is 14.7 Å². The van der Waals surface area contributed by atoms with E-state index in [-0.39, 0.29) is 0 Å². The zero-order chi connectivity index (χ0) is 17.9. The Bertz CT molecular complexity index is 720. The number of thiophene rings is 1. The molecule has 26 heavy (non-hydrogen) atoms. The Kier molecular flexibility index (Phi) is 5.75. The van der Waals surface area contributed by atoms with Crippen molar-refractivity contribution in [1.29, 1.82) is 0 Å². The molecule has 3 heterocycles. The van der Waals surface area contributed by atoms with Crippen LogP contribution in [0.4, 0.5) is 0 Å². The molecule has 3 nitrogen and oxygen atoms in total. The van der Waals surface area contributed by atoms with Crippen LogP contribution in [0, 0.1) is 0 Å². The predicted octanol–water partition coefficient (Wildman–Crippen LogP) is 3.83. The molecule has 0 amide bonds. The highest BCUT2D eigenvalue weighted by Gasteiger charge is 2.24. The Morgan fingerprint density at radius 1 is 1.04 bits per heavy atom. The zero-order valence-electron chi connectivity index (χ0n) is 16.2. The minimum absolute atomic E-state index is 0.610. The summed E-state index contributed by atoms with van der Waals surface area (Å²) in [4.78, 5) is 10.6. The van der Waals surface area contributed by atoms with Crippen molar-refractivity contribution in [1.82, 2.24) is 14.7 Å². The van der Waals surface area contributed by atoms with Crippen LogP contribution in [-0.2, 0) is 26.1 Å². The van der Waals surface area contributed by atoms with E-state index in [9.17, 15) is 0 Å². The van der Waals surface area contributed by atoms with E-state index < -0.39 is 0 Å². The van der Waals surface area contributed by atoms with E-state index in [4.69, 9.17) is 0 Å². The lowest BCUT2D eigenvalue weighted by Gasteiger charge is -2.36. The van der Waals surface area contributed by atoms with Crippen molar-refractivity contribution in [2.24, 2.45) is 0 Å². The fourth-order valence-electron chi connectivity index (χ4n) is 4.37. The summed E-state index contributed by atoms with van der Waals surface area (Å²) in [5.41, 5.74) is 3.03. The van der Waals surface area contributed by atoms with Crippen LogP contribution < -0.4 is 0 Å². The third kappa shape index (κ3) is 4.37. The highest BCUT2D eigenvalue weighted by molar-refractivity contribution is 7.11. The summed E-state index contributed by atoms with van der Waals surface area (Å²) in [5, 5.41) is 0. The number of hydrogen-bond acceptors (Lipinski definition) is 4. The molecule has 0 saturated carbocycles. The molecular formula is C22H31N3S. The van der Waals surface area contributed by atoms with E-state index in [0.29, 0.717) is 6.04 Å². The van der Waals surface area contributed by atoms with Crippen molar-refractivity contribution in [3.63, 3.8) is 0 Å². The van der Waals surface area contributed by atoms with Crippen molar-refractivity contribution in [3.8, 4) is 0 Å². The van der Waals surface area contributed by atoms with Crippen LogP contribution in [0.2, 0.25) is 0 Å². The highest BCUT2D eigenvalue weighted by atomic mass is 32.1. The monoisotopic (exact) mass is 369 g/mol. The van der Waals surface area contributed by atoms with Gasteiger partial charge in [-0.05, 0) is 69.7 Å². The molecule has 0 unspecified atom stereocenters. The topological polar surface area (TPSA) is 9.72 Å². The molecule has 0 radical (unpaired) electrons. The Hall–Kier alpha value is -1.20. The number of nitrogens with zero attached hydrogens (tertiary/aromatic N) is 3. The normalized spacial score (nSPS) is 21.4. The molecule has 4 heteroatoms. The van der Waals surface area contributed by atoms with Gasteiger partial charge in [-0.1, -0.05) is 24.3 Å². The number of likely N-dealkylation sites (tertiary alicyclic amines) is 1. The smallest absolute Gasteiger partial charge is 0.0328 e. The van der Waals surface area contributed by atoms with Crippen molar-refractivity contribution in [2.75, 3.05) is 33.7 Å². The first-order valence-corrected chi connectivity index (χ1v) is 10.7. The number of hydrogen-bond donors (Lipinski definition) is 0. The van der Waals surface area contributed by atoms with Crippen LogP contribution in [0.15, 0.2) is 36.4 Å². The van der Waals surface area contributed by atoms with Crippen LogP contribution in [0.5, 0.6) is 0 Å². The molecule has 0 bridgehead atoms. The largest absolute Gasteiger partial charge is 0.300 e. The molecule has 4 rings (SSSR count). The van der Waals surface area contributed by atoms with Gasteiger partial charge in [0, 0.05) is 42.0 Å². The summed E-state index contributed by atoms with van der Waals surface area (Å²) in [6.07, 6.45) is 3.92. The lowest BCUT2D eigenvalue weighted by atomic mass is 9.94. The van der Waals surface area contributed by atoms with Gasteiger partial charge in [-0.15, -0.1) is 11.3 Å². The van der Waals surface area contributed by atoms with Crippen molar-refractivity contribution < 1.29 is 0 Å². The van der Waals surface area contributed by atoms with E-state index in [2.05, 4.69) is 65.2 Å². The summed E-state index contributed by atoms with van der Waals surface area (Å²) in [5.74, 6) is 0. The Labute approximate surface area is 162 Å². The number of rotatable bonds is 6. The SMILES string of the molecule is CN(Cc1ccc(CN2CCCC2)s1)C[C@H]1Cc2ccccc2CN1C. The molecule has 1 saturated heterocycles. The maximum atomic E-state index is 2.59. The van der Waals surface area contributed by atoms with Gasteiger partial charge in [0.2, 0.25) is 0 Å². The number of benzene rings is 1. The lowest BCUT2D eigenvalue weighted by Crippen LogP contribution is -2.44. The Morgan fingerprint density at radius 3 is 2.58 bits per heavy atom. The third-order valence-corrected chi connectivity index (χ3v) is 6.92. The summed E-state index contributed by atoms with van der Waals surface area (Å²) in [6, 6.07) is 14.2. The Balaban J connectivity index is 1.31. The maximum Gasteiger partial charge on any atom is 0.0328 e. The molecule has 140 valence electrons. The second kappa shape index (κ2) is 8.22. The van der Waals surface area contributed by atoms with Crippen LogP contribution in [0.25, 0.3) is 0 Å². The molecule has 2 aliphatic heterocycles. The minimum atomic E-state index is 0.610. The maximum absolute atomic E-state index is 2.59. The molecule has 1 aromatic heterocycles. The quantitative estimate of drug-likeness (QED) is 0.766. The number of likely N-dealkylation sites (N-methyl/N-ethyl adjacent to an activating group) is 2. The molecule has 0 aliphatic carbocycles. The summed E-state index contributed by atoms with van der Waals surface area (Å²) in [7, 11) is 4.54. The standard InChI is InChI=1S/C22H31N3S/c1-23(15-20-13-18-7-3-4-8-19(18)14-24(20)2)16-21-9-10-22(26-21)17-25-11-5-6-12-25/h3-4,7-10,20H,5-6,11-17H2,1-2H3/t20-/m1/s1. The van der Waals surface area contributed by atoms with Crippen LogP contribution in [0.1, 0.15) is 33.7 Å². The van der Waals surface area contributed by atoms with E-state index in [1.165, 1.54) is 53.2 Å². The fraction of sp³-hybridized carbons (Fsp3) is 0.545. The average molecular weight is 370 g/mol. The second-order valence-electron chi connectivity index (χ2n) is 8.09. The van der Waals surface area contributed by atoms with E-state index in [1.807, 2.05) is 11.3 Å². The van der Waals surface area contributed by atoms with Crippen molar-refractivity contribution in [2.45, 2.75) is 44.9 Å². The van der Waals surface area contributed by atoms with Crippen molar-refractivity contribution in [3.05, 3.63) is 57.3 Å². The van der Waals surface area contributed by atoms with Crippen LogP contribution in [-0.4, -0.2) is 54.5 Å². The molecule has 2 aromatic rings. The van der Waals surface area contributed by atoms with Gasteiger partial charge in [0.25, 0.3) is 0 Å². The van der Waals surface area contributed by atoms with E-state index in [1.54, 1.807) is 0 Å². The number of fused-ring (bicyclic) bond motifs is 1. The van der Waals surface area contributed by atoms with Gasteiger partial charge in [0.15, 0.2) is 0 Å². The first-order chi connectivity index (χ1) is 12.7. The zero-order valence-corrected chi connectivity index (χ0v) is 17.0. The molecule has 1 aromatic carbocycles.